The highest BCUT2D eigenvalue weighted by atomic mass is 16.2. The number of carbonyl (C=O) groups excluding carboxylic acids is 2. The van der Waals surface area contributed by atoms with Gasteiger partial charge in [0.1, 0.15) is 0 Å². The molecule has 0 spiro atoms. The van der Waals surface area contributed by atoms with Crippen molar-refractivity contribution in [1.82, 2.24) is 9.80 Å². The fourth-order valence-corrected chi connectivity index (χ4v) is 2.67. The Morgan fingerprint density at radius 2 is 1.09 bits per heavy atom. The second-order valence-corrected chi connectivity index (χ2v) is 5.50. The molecule has 0 atom stereocenters. The molecule has 4 nitrogen and oxygen atoms in total. The number of Topliss-reactive ketones (excluding diaryl/α,β-unsaturated/α-hetero) is 1. The van der Waals surface area contributed by atoms with Gasteiger partial charge >= 0.3 is 6.03 Å². The molecule has 112 valence electrons. The summed E-state index contributed by atoms with van der Waals surface area (Å²) >= 11 is 0. The summed E-state index contributed by atoms with van der Waals surface area (Å²) in [6, 6.07) is 19.4. The second kappa shape index (κ2) is 6.43. The fraction of sp³-hybridized carbons (Fsp3) is 0.222. The molecule has 1 fully saturated rings. The zero-order chi connectivity index (χ0) is 15.4. The first kappa shape index (κ1) is 14.3. The number of benzene rings is 2. The van der Waals surface area contributed by atoms with E-state index >= 15 is 0 Å². The largest absolute Gasteiger partial charge is 0.321 e. The molecular weight excluding hydrogens is 276 g/mol. The van der Waals surface area contributed by atoms with E-state index in [4.69, 9.17) is 0 Å². The Hall–Kier alpha value is -2.62. The molecule has 22 heavy (non-hydrogen) atoms. The number of amides is 2. The topological polar surface area (TPSA) is 40.6 Å². The lowest BCUT2D eigenvalue weighted by molar-refractivity contribution is -0.122. The molecule has 0 aliphatic carbocycles. The predicted molar refractivity (Wildman–Crippen MR) is 84.1 cm³/mol. The van der Waals surface area contributed by atoms with Crippen molar-refractivity contribution in [2.45, 2.75) is 13.1 Å². The van der Waals surface area contributed by atoms with Gasteiger partial charge in [-0.05, 0) is 11.1 Å². The van der Waals surface area contributed by atoms with Crippen LogP contribution in [-0.2, 0) is 17.9 Å². The van der Waals surface area contributed by atoms with Crippen molar-refractivity contribution in [3.63, 3.8) is 0 Å². The van der Waals surface area contributed by atoms with E-state index in [1.54, 1.807) is 9.80 Å². The van der Waals surface area contributed by atoms with Crippen LogP contribution in [0.2, 0.25) is 0 Å². The summed E-state index contributed by atoms with van der Waals surface area (Å²) in [5.74, 6) is 0.0754. The van der Waals surface area contributed by atoms with Crippen molar-refractivity contribution in [3.8, 4) is 0 Å². The third kappa shape index (κ3) is 3.34. The molecule has 1 aliphatic heterocycles. The van der Waals surface area contributed by atoms with Crippen LogP contribution in [0, 0.1) is 0 Å². The van der Waals surface area contributed by atoms with E-state index in [0.717, 1.165) is 11.1 Å². The lowest BCUT2D eigenvalue weighted by Crippen LogP contribution is -2.52. The Labute approximate surface area is 130 Å². The fourth-order valence-electron chi connectivity index (χ4n) is 2.67. The Bertz CT molecular complexity index is 600. The first-order valence-corrected chi connectivity index (χ1v) is 7.36. The molecule has 0 saturated carbocycles. The lowest BCUT2D eigenvalue weighted by atomic mass is 10.1. The van der Waals surface area contributed by atoms with Crippen LogP contribution in [0.1, 0.15) is 11.1 Å². The zero-order valence-corrected chi connectivity index (χ0v) is 12.3. The predicted octanol–water partition coefficient (Wildman–Crippen LogP) is 2.69. The highest BCUT2D eigenvalue weighted by Crippen LogP contribution is 2.15. The SMILES string of the molecule is O=C1CN(Cc2ccccc2)C(=O)N(Cc2ccccc2)C1. The van der Waals surface area contributed by atoms with Crippen molar-refractivity contribution < 1.29 is 9.59 Å². The van der Waals surface area contributed by atoms with Gasteiger partial charge in [0.15, 0.2) is 5.78 Å². The van der Waals surface area contributed by atoms with Gasteiger partial charge in [-0.3, -0.25) is 4.79 Å². The summed E-state index contributed by atoms with van der Waals surface area (Å²) in [5, 5.41) is 0. The van der Waals surface area contributed by atoms with Crippen molar-refractivity contribution in [2.24, 2.45) is 0 Å². The molecule has 0 radical (unpaired) electrons. The van der Waals surface area contributed by atoms with Gasteiger partial charge in [0.25, 0.3) is 0 Å². The summed E-state index contributed by atoms with van der Waals surface area (Å²) < 4.78 is 0. The quantitative estimate of drug-likeness (QED) is 0.870. The van der Waals surface area contributed by atoms with Crippen LogP contribution >= 0.6 is 0 Å². The van der Waals surface area contributed by atoms with E-state index in [1.807, 2.05) is 60.7 Å². The Kier molecular flexibility index (Phi) is 4.19. The van der Waals surface area contributed by atoms with Gasteiger partial charge < -0.3 is 9.80 Å². The van der Waals surface area contributed by atoms with Crippen molar-refractivity contribution in [3.05, 3.63) is 71.8 Å². The maximum atomic E-state index is 12.6. The Balaban J connectivity index is 1.72. The maximum Gasteiger partial charge on any atom is 0.321 e. The minimum atomic E-state index is -0.0766. The van der Waals surface area contributed by atoms with Gasteiger partial charge in [-0.15, -0.1) is 0 Å². The molecule has 4 heteroatoms. The molecule has 0 unspecified atom stereocenters. The van der Waals surface area contributed by atoms with Crippen LogP contribution in [0.5, 0.6) is 0 Å². The van der Waals surface area contributed by atoms with Gasteiger partial charge in [0.2, 0.25) is 0 Å². The van der Waals surface area contributed by atoms with Crippen molar-refractivity contribution in [1.29, 1.82) is 0 Å². The lowest BCUT2D eigenvalue weighted by Gasteiger charge is -2.34. The van der Waals surface area contributed by atoms with Crippen molar-refractivity contribution >= 4 is 11.8 Å². The van der Waals surface area contributed by atoms with Crippen LogP contribution in [0.15, 0.2) is 60.7 Å². The van der Waals surface area contributed by atoms with Crippen LogP contribution in [0.3, 0.4) is 0 Å². The normalized spacial score (nSPS) is 15.3. The van der Waals surface area contributed by atoms with E-state index in [9.17, 15) is 9.59 Å². The maximum absolute atomic E-state index is 12.6. The molecule has 2 aromatic carbocycles. The third-order valence-electron chi connectivity index (χ3n) is 3.71. The summed E-state index contributed by atoms with van der Waals surface area (Å²) in [4.78, 5) is 27.8. The molecule has 2 amide bonds. The number of nitrogens with zero attached hydrogens (tertiary/aromatic N) is 2. The number of hydrogen-bond donors (Lipinski definition) is 0. The monoisotopic (exact) mass is 294 g/mol. The molecule has 1 aliphatic rings. The highest BCUT2D eigenvalue weighted by Gasteiger charge is 2.30. The van der Waals surface area contributed by atoms with E-state index < -0.39 is 0 Å². The number of urea groups is 1. The Morgan fingerprint density at radius 1 is 0.682 bits per heavy atom. The number of hydrogen-bond acceptors (Lipinski definition) is 2. The molecule has 2 aromatic rings. The van der Waals surface area contributed by atoms with Crippen LogP contribution in [-0.4, -0.2) is 34.7 Å². The summed E-state index contributed by atoms with van der Waals surface area (Å²) in [7, 11) is 0. The first-order chi connectivity index (χ1) is 10.7. The second-order valence-electron chi connectivity index (χ2n) is 5.50. The summed E-state index contributed by atoms with van der Waals surface area (Å²) in [6.45, 7) is 1.32. The van der Waals surface area contributed by atoms with Gasteiger partial charge in [0.05, 0.1) is 13.1 Å². The molecular formula is C18H18N2O2. The minimum absolute atomic E-state index is 0.0754. The average Bonchev–Trinajstić information content (AvgIpc) is 2.54. The minimum Gasteiger partial charge on any atom is -0.313 e. The number of ketones is 1. The molecule has 1 saturated heterocycles. The van der Waals surface area contributed by atoms with Crippen molar-refractivity contribution in [2.75, 3.05) is 13.1 Å². The average molecular weight is 294 g/mol. The highest BCUT2D eigenvalue weighted by molar-refractivity contribution is 5.93. The molecule has 0 N–H and O–H groups in total. The van der Waals surface area contributed by atoms with E-state index in [0.29, 0.717) is 13.1 Å². The summed E-state index contributed by atoms with van der Waals surface area (Å²) in [5.41, 5.74) is 2.07. The van der Waals surface area contributed by atoms with Crippen LogP contribution in [0.4, 0.5) is 4.79 Å². The first-order valence-electron chi connectivity index (χ1n) is 7.36. The van der Waals surface area contributed by atoms with Gasteiger partial charge in [-0.2, -0.15) is 0 Å². The Morgan fingerprint density at radius 3 is 1.50 bits per heavy atom. The molecule has 1 heterocycles. The van der Waals surface area contributed by atoms with E-state index in [-0.39, 0.29) is 24.9 Å². The van der Waals surface area contributed by atoms with Crippen LogP contribution < -0.4 is 0 Å². The smallest absolute Gasteiger partial charge is 0.313 e. The van der Waals surface area contributed by atoms with Gasteiger partial charge in [-0.25, -0.2) is 4.79 Å². The zero-order valence-electron chi connectivity index (χ0n) is 12.3. The number of rotatable bonds is 4. The van der Waals surface area contributed by atoms with E-state index in [1.165, 1.54) is 0 Å². The molecule has 3 rings (SSSR count). The van der Waals surface area contributed by atoms with Crippen LogP contribution in [0.25, 0.3) is 0 Å². The standard InChI is InChI=1S/C18H18N2O2/c21-17-13-19(11-15-7-3-1-4-8-15)18(22)20(14-17)12-16-9-5-2-6-10-16/h1-10H,11-14H2. The molecule has 0 aromatic heterocycles. The number of carbonyl (C=O) groups is 2. The summed E-state index contributed by atoms with van der Waals surface area (Å²) in [6.07, 6.45) is 0. The van der Waals surface area contributed by atoms with Gasteiger partial charge in [-0.1, -0.05) is 60.7 Å². The van der Waals surface area contributed by atoms with Gasteiger partial charge in [0, 0.05) is 13.1 Å². The third-order valence-corrected chi connectivity index (χ3v) is 3.71. The van der Waals surface area contributed by atoms with E-state index in [2.05, 4.69) is 0 Å². The molecule has 0 bridgehead atoms.